The van der Waals surface area contributed by atoms with Crippen molar-refractivity contribution in [1.82, 2.24) is 9.97 Å². The lowest BCUT2D eigenvalue weighted by Crippen LogP contribution is -2.13. The molecular formula is C15H15N3O3. The lowest BCUT2D eigenvalue weighted by atomic mass is 10.1. The number of aromatic amines is 1. The van der Waals surface area contributed by atoms with Gasteiger partial charge in [0.05, 0.1) is 19.3 Å². The molecule has 0 saturated heterocycles. The van der Waals surface area contributed by atoms with Gasteiger partial charge in [-0.25, -0.2) is 4.98 Å². The Morgan fingerprint density at radius 3 is 3.05 bits per heavy atom. The average molecular weight is 285 g/mol. The lowest BCUT2D eigenvalue weighted by molar-refractivity contribution is 0.102. The Morgan fingerprint density at radius 1 is 1.52 bits per heavy atom. The molecule has 6 heteroatoms. The van der Waals surface area contributed by atoms with E-state index in [-0.39, 0.29) is 12.5 Å². The van der Waals surface area contributed by atoms with Crippen LogP contribution in [0.1, 0.15) is 22.3 Å². The van der Waals surface area contributed by atoms with Crippen LogP contribution in [0.5, 0.6) is 5.75 Å². The van der Waals surface area contributed by atoms with Crippen molar-refractivity contribution < 1.29 is 14.6 Å². The zero-order valence-electron chi connectivity index (χ0n) is 11.5. The number of nitrogens with one attached hydrogen (secondary N) is 2. The third-order valence-electron chi connectivity index (χ3n) is 2.65. The number of aliphatic hydroxyl groups excluding tert-OH is 1. The second-order valence-electron chi connectivity index (χ2n) is 4.08. The number of anilines is 1. The SMILES string of the molecule is COc1ccc(C(=O)Nc2ncc[nH]2)cc1C#CCCO. The van der Waals surface area contributed by atoms with Crippen LogP contribution < -0.4 is 10.1 Å². The van der Waals surface area contributed by atoms with Crippen LogP contribution in [-0.2, 0) is 0 Å². The summed E-state index contributed by atoms with van der Waals surface area (Å²) in [6, 6.07) is 4.97. The number of nitrogens with zero attached hydrogens (tertiary/aromatic N) is 1. The van der Waals surface area contributed by atoms with Crippen molar-refractivity contribution >= 4 is 11.9 Å². The quantitative estimate of drug-likeness (QED) is 0.741. The summed E-state index contributed by atoms with van der Waals surface area (Å²) in [5, 5.41) is 11.4. The maximum absolute atomic E-state index is 12.1. The second kappa shape index (κ2) is 7.12. The van der Waals surface area contributed by atoms with E-state index in [0.29, 0.717) is 29.2 Å². The van der Waals surface area contributed by atoms with Crippen LogP contribution in [0, 0.1) is 11.8 Å². The van der Waals surface area contributed by atoms with Crippen molar-refractivity contribution in [3.63, 3.8) is 0 Å². The molecule has 0 spiro atoms. The van der Waals surface area contributed by atoms with Gasteiger partial charge < -0.3 is 14.8 Å². The molecule has 6 nitrogen and oxygen atoms in total. The Labute approximate surface area is 122 Å². The van der Waals surface area contributed by atoms with Crippen LogP contribution in [0.4, 0.5) is 5.95 Å². The highest BCUT2D eigenvalue weighted by molar-refractivity contribution is 6.03. The fourth-order valence-electron chi connectivity index (χ4n) is 1.67. The van der Waals surface area contributed by atoms with Crippen LogP contribution in [-0.4, -0.2) is 34.7 Å². The van der Waals surface area contributed by atoms with Gasteiger partial charge in [-0.15, -0.1) is 0 Å². The van der Waals surface area contributed by atoms with E-state index >= 15 is 0 Å². The molecule has 3 N–H and O–H groups in total. The molecule has 0 atom stereocenters. The van der Waals surface area contributed by atoms with Gasteiger partial charge in [0.25, 0.3) is 5.91 Å². The van der Waals surface area contributed by atoms with Gasteiger partial charge in [-0.3, -0.25) is 10.1 Å². The molecule has 0 unspecified atom stereocenters. The molecule has 0 aliphatic carbocycles. The largest absolute Gasteiger partial charge is 0.495 e. The summed E-state index contributed by atoms with van der Waals surface area (Å²) in [7, 11) is 1.54. The van der Waals surface area contributed by atoms with Gasteiger partial charge >= 0.3 is 0 Å². The predicted octanol–water partition coefficient (Wildman–Crippen LogP) is 1.40. The van der Waals surface area contributed by atoms with Crippen molar-refractivity contribution in [2.75, 3.05) is 19.0 Å². The van der Waals surface area contributed by atoms with E-state index in [0.717, 1.165) is 0 Å². The number of H-pyrrole nitrogens is 1. The minimum atomic E-state index is -0.294. The minimum absolute atomic E-state index is 0.00597. The molecule has 0 saturated carbocycles. The van der Waals surface area contributed by atoms with Gasteiger partial charge in [0.15, 0.2) is 0 Å². The van der Waals surface area contributed by atoms with Crippen LogP contribution in [0.3, 0.4) is 0 Å². The number of ether oxygens (including phenoxy) is 1. The topological polar surface area (TPSA) is 87.2 Å². The zero-order chi connectivity index (χ0) is 15.1. The van der Waals surface area contributed by atoms with E-state index in [4.69, 9.17) is 9.84 Å². The van der Waals surface area contributed by atoms with Gasteiger partial charge in [0.2, 0.25) is 5.95 Å². The molecule has 2 aromatic rings. The summed E-state index contributed by atoms with van der Waals surface area (Å²) in [6.07, 6.45) is 3.54. The normalized spacial score (nSPS) is 9.62. The third-order valence-corrected chi connectivity index (χ3v) is 2.65. The van der Waals surface area contributed by atoms with E-state index < -0.39 is 0 Å². The number of methoxy groups -OCH3 is 1. The maximum atomic E-state index is 12.1. The summed E-state index contributed by atoms with van der Waals surface area (Å²) in [5.74, 6) is 6.35. The Morgan fingerprint density at radius 2 is 2.38 bits per heavy atom. The predicted molar refractivity (Wildman–Crippen MR) is 78.1 cm³/mol. The first-order valence-corrected chi connectivity index (χ1v) is 6.33. The lowest BCUT2D eigenvalue weighted by Gasteiger charge is -2.06. The molecule has 0 bridgehead atoms. The number of carbonyl (C=O) groups excluding carboxylic acids is 1. The van der Waals surface area contributed by atoms with Crippen molar-refractivity contribution in [2.45, 2.75) is 6.42 Å². The smallest absolute Gasteiger partial charge is 0.258 e. The highest BCUT2D eigenvalue weighted by atomic mass is 16.5. The summed E-state index contributed by atoms with van der Waals surface area (Å²) >= 11 is 0. The first kappa shape index (κ1) is 14.6. The molecule has 2 rings (SSSR count). The molecule has 108 valence electrons. The highest BCUT2D eigenvalue weighted by Gasteiger charge is 2.10. The van der Waals surface area contributed by atoms with Gasteiger partial charge in [-0.1, -0.05) is 11.8 Å². The van der Waals surface area contributed by atoms with Crippen molar-refractivity contribution in [1.29, 1.82) is 0 Å². The van der Waals surface area contributed by atoms with Crippen LogP contribution >= 0.6 is 0 Å². The molecule has 1 aromatic heterocycles. The highest BCUT2D eigenvalue weighted by Crippen LogP contribution is 2.19. The molecule has 1 aromatic carbocycles. The summed E-state index contributed by atoms with van der Waals surface area (Å²) < 4.78 is 5.20. The van der Waals surface area contributed by atoms with Crippen LogP contribution in [0.15, 0.2) is 30.6 Å². The first-order valence-electron chi connectivity index (χ1n) is 6.33. The standard InChI is InChI=1S/C15H15N3O3/c1-21-13-6-5-12(10-11(13)4-2-3-9-19)14(20)18-15-16-7-8-17-15/h5-8,10,19H,3,9H2,1H3,(H2,16,17,18,20). The summed E-state index contributed by atoms with van der Waals surface area (Å²) in [5.41, 5.74) is 1.04. The number of imidazole rings is 1. The summed E-state index contributed by atoms with van der Waals surface area (Å²) in [4.78, 5) is 18.8. The number of aromatic nitrogens is 2. The van der Waals surface area contributed by atoms with Gasteiger partial charge in [0.1, 0.15) is 5.75 Å². The van der Waals surface area contributed by atoms with Crippen molar-refractivity contribution in [3.05, 3.63) is 41.7 Å². The number of benzene rings is 1. The number of hydrogen-bond donors (Lipinski definition) is 3. The second-order valence-corrected chi connectivity index (χ2v) is 4.08. The van der Waals surface area contributed by atoms with E-state index in [9.17, 15) is 4.79 Å². The van der Waals surface area contributed by atoms with Crippen LogP contribution in [0.2, 0.25) is 0 Å². The molecule has 0 aliphatic rings. The number of carbonyl (C=O) groups is 1. The molecule has 21 heavy (non-hydrogen) atoms. The average Bonchev–Trinajstić information content (AvgIpc) is 3.00. The number of aliphatic hydroxyl groups is 1. The monoisotopic (exact) mass is 285 g/mol. The molecule has 0 radical (unpaired) electrons. The molecule has 1 heterocycles. The zero-order valence-corrected chi connectivity index (χ0v) is 11.5. The first-order chi connectivity index (χ1) is 10.2. The fraction of sp³-hybridized carbons (Fsp3) is 0.200. The molecular weight excluding hydrogens is 270 g/mol. The third kappa shape index (κ3) is 3.84. The number of amides is 1. The van der Waals surface area contributed by atoms with Gasteiger partial charge in [0, 0.05) is 24.4 Å². The van der Waals surface area contributed by atoms with Crippen LogP contribution in [0.25, 0.3) is 0 Å². The number of rotatable bonds is 4. The Balaban J connectivity index is 2.22. The van der Waals surface area contributed by atoms with Gasteiger partial charge in [-0.2, -0.15) is 0 Å². The molecule has 0 aliphatic heterocycles. The van der Waals surface area contributed by atoms with Gasteiger partial charge in [-0.05, 0) is 18.2 Å². The molecule has 0 fully saturated rings. The fourth-order valence-corrected chi connectivity index (χ4v) is 1.67. The van der Waals surface area contributed by atoms with Crippen molar-refractivity contribution in [3.8, 4) is 17.6 Å². The Hall–Kier alpha value is -2.78. The molecule has 1 amide bonds. The number of hydrogen-bond acceptors (Lipinski definition) is 4. The van der Waals surface area contributed by atoms with E-state index in [1.807, 2.05) is 0 Å². The van der Waals surface area contributed by atoms with Crippen molar-refractivity contribution in [2.24, 2.45) is 0 Å². The van der Waals surface area contributed by atoms with E-state index in [1.165, 1.54) is 7.11 Å². The Kier molecular flexibility index (Phi) is 4.96. The Bertz CT molecular complexity index is 669. The maximum Gasteiger partial charge on any atom is 0.258 e. The minimum Gasteiger partial charge on any atom is -0.495 e. The van der Waals surface area contributed by atoms with E-state index in [2.05, 4.69) is 27.1 Å². The summed E-state index contributed by atoms with van der Waals surface area (Å²) in [6.45, 7) is -0.00597. The van der Waals surface area contributed by atoms with E-state index in [1.54, 1.807) is 30.6 Å².